The lowest BCUT2D eigenvalue weighted by Gasteiger charge is -2.10. The van der Waals surface area contributed by atoms with Crippen LogP contribution in [0.4, 0.5) is 5.69 Å². The lowest BCUT2D eigenvalue weighted by molar-refractivity contribution is 0.394. The summed E-state index contributed by atoms with van der Waals surface area (Å²) in [5.74, 6) is 1.41. The van der Waals surface area contributed by atoms with Gasteiger partial charge in [-0.15, -0.1) is 11.3 Å². The molecule has 1 heterocycles. The molecule has 30 heavy (non-hydrogen) atoms. The molecule has 0 fully saturated rings. The Kier molecular flexibility index (Phi) is 6.21. The van der Waals surface area contributed by atoms with Crippen LogP contribution in [0.2, 0.25) is 5.02 Å². The number of rotatable bonds is 6. The highest BCUT2D eigenvalue weighted by Crippen LogP contribution is 2.28. The van der Waals surface area contributed by atoms with Gasteiger partial charge in [0.2, 0.25) is 0 Å². The molecule has 0 spiro atoms. The standard InChI is InChI=1S/C24H21ClN2O2S/c1-28-21-12-20(13-22(14-21)29-2)26-24-27(15-17-8-10-19(25)11-9-17)23(16-30-24)18-6-4-3-5-7-18/h3-14,16H,15H2,1-2H3. The van der Waals surface area contributed by atoms with Crippen molar-refractivity contribution < 1.29 is 9.47 Å². The summed E-state index contributed by atoms with van der Waals surface area (Å²) < 4.78 is 13.0. The van der Waals surface area contributed by atoms with Gasteiger partial charge < -0.3 is 14.0 Å². The highest BCUT2D eigenvalue weighted by Gasteiger charge is 2.10. The minimum atomic E-state index is 0.685. The van der Waals surface area contributed by atoms with Crippen molar-refractivity contribution in [1.82, 2.24) is 4.57 Å². The second-order valence-electron chi connectivity index (χ2n) is 6.66. The third kappa shape index (κ3) is 4.58. The van der Waals surface area contributed by atoms with Crippen LogP contribution in [0.25, 0.3) is 11.3 Å². The van der Waals surface area contributed by atoms with Crippen LogP contribution >= 0.6 is 22.9 Å². The first-order chi connectivity index (χ1) is 14.7. The van der Waals surface area contributed by atoms with Crippen molar-refractivity contribution in [3.8, 4) is 22.8 Å². The van der Waals surface area contributed by atoms with Gasteiger partial charge >= 0.3 is 0 Å². The highest BCUT2D eigenvalue weighted by atomic mass is 35.5. The maximum atomic E-state index is 6.07. The minimum Gasteiger partial charge on any atom is -0.497 e. The van der Waals surface area contributed by atoms with E-state index in [4.69, 9.17) is 26.1 Å². The lowest BCUT2D eigenvalue weighted by Crippen LogP contribution is -2.16. The minimum absolute atomic E-state index is 0.685. The van der Waals surface area contributed by atoms with Crippen molar-refractivity contribution in [2.75, 3.05) is 14.2 Å². The third-order valence-corrected chi connectivity index (χ3v) is 5.80. The highest BCUT2D eigenvalue weighted by molar-refractivity contribution is 7.07. The molecule has 0 unspecified atom stereocenters. The smallest absolute Gasteiger partial charge is 0.190 e. The molecule has 6 heteroatoms. The fourth-order valence-electron chi connectivity index (χ4n) is 3.15. The number of benzene rings is 3. The molecule has 0 aliphatic carbocycles. The number of hydrogen-bond acceptors (Lipinski definition) is 4. The van der Waals surface area contributed by atoms with E-state index in [2.05, 4.69) is 22.1 Å². The summed E-state index contributed by atoms with van der Waals surface area (Å²) in [6.07, 6.45) is 0. The Balaban J connectivity index is 1.84. The number of halogens is 1. The third-order valence-electron chi connectivity index (χ3n) is 4.68. The molecule has 0 N–H and O–H groups in total. The van der Waals surface area contributed by atoms with Crippen molar-refractivity contribution in [3.05, 3.63) is 93.6 Å². The van der Waals surface area contributed by atoms with Crippen molar-refractivity contribution in [2.45, 2.75) is 6.54 Å². The van der Waals surface area contributed by atoms with Gasteiger partial charge in [0.1, 0.15) is 11.5 Å². The average Bonchev–Trinajstić information content (AvgIpc) is 3.17. The largest absolute Gasteiger partial charge is 0.497 e. The Hall–Kier alpha value is -3.02. The van der Waals surface area contributed by atoms with E-state index < -0.39 is 0 Å². The number of methoxy groups -OCH3 is 2. The number of hydrogen-bond donors (Lipinski definition) is 0. The van der Waals surface area contributed by atoms with Crippen LogP contribution in [0, 0.1) is 0 Å². The molecule has 0 bridgehead atoms. The quantitative estimate of drug-likeness (QED) is 0.362. The monoisotopic (exact) mass is 436 g/mol. The van der Waals surface area contributed by atoms with E-state index in [0.717, 1.165) is 32.3 Å². The molecule has 152 valence electrons. The van der Waals surface area contributed by atoms with E-state index in [1.165, 1.54) is 0 Å². The van der Waals surface area contributed by atoms with Gasteiger partial charge in [-0.3, -0.25) is 0 Å². The van der Waals surface area contributed by atoms with Gasteiger partial charge in [-0.1, -0.05) is 54.1 Å². The lowest BCUT2D eigenvalue weighted by atomic mass is 10.1. The van der Waals surface area contributed by atoms with E-state index in [0.29, 0.717) is 18.0 Å². The molecule has 4 rings (SSSR count). The molecular formula is C24H21ClN2O2S. The van der Waals surface area contributed by atoms with Crippen LogP contribution in [-0.2, 0) is 6.54 Å². The SMILES string of the molecule is COc1cc(N=c2scc(-c3ccccc3)n2Cc2ccc(Cl)cc2)cc(OC)c1. The Morgan fingerprint density at radius 1 is 0.900 bits per heavy atom. The average molecular weight is 437 g/mol. The summed E-state index contributed by atoms with van der Waals surface area (Å²) in [6.45, 7) is 0.685. The van der Waals surface area contributed by atoms with Gasteiger partial charge in [0, 0.05) is 28.6 Å². The fourth-order valence-corrected chi connectivity index (χ4v) is 4.21. The maximum Gasteiger partial charge on any atom is 0.190 e. The van der Waals surface area contributed by atoms with Crippen molar-refractivity contribution in [3.63, 3.8) is 0 Å². The van der Waals surface area contributed by atoms with Crippen LogP contribution in [0.15, 0.2) is 83.2 Å². The van der Waals surface area contributed by atoms with Gasteiger partial charge in [0.15, 0.2) is 4.80 Å². The summed E-state index contributed by atoms with van der Waals surface area (Å²) in [5.41, 5.74) is 4.19. The molecule has 0 atom stereocenters. The number of ether oxygens (including phenoxy) is 2. The first kappa shape index (κ1) is 20.3. The predicted octanol–water partition coefficient (Wildman–Crippen LogP) is 6.17. The molecule has 0 aliphatic heterocycles. The molecule has 0 saturated heterocycles. The van der Waals surface area contributed by atoms with E-state index in [1.54, 1.807) is 25.6 Å². The second kappa shape index (κ2) is 9.20. The summed E-state index contributed by atoms with van der Waals surface area (Å²) in [4.78, 5) is 5.80. The normalized spacial score (nSPS) is 11.5. The van der Waals surface area contributed by atoms with E-state index in [-0.39, 0.29) is 0 Å². The van der Waals surface area contributed by atoms with Gasteiger partial charge in [0.05, 0.1) is 32.1 Å². The van der Waals surface area contributed by atoms with Crippen LogP contribution in [0.3, 0.4) is 0 Å². The predicted molar refractivity (Wildman–Crippen MR) is 123 cm³/mol. The zero-order chi connectivity index (χ0) is 20.9. The van der Waals surface area contributed by atoms with Crippen LogP contribution in [0.1, 0.15) is 5.56 Å². The summed E-state index contributed by atoms with van der Waals surface area (Å²) in [5, 5.41) is 2.87. The molecular weight excluding hydrogens is 416 g/mol. The van der Waals surface area contributed by atoms with Gasteiger partial charge in [-0.25, -0.2) is 4.99 Å². The molecule has 3 aromatic carbocycles. The molecule has 0 amide bonds. The number of aromatic nitrogens is 1. The number of thiazole rings is 1. The number of nitrogens with zero attached hydrogens (tertiary/aromatic N) is 2. The molecule has 0 radical (unpaired) electrons. The van der Waals surface area contributed by atoms with Crippen LogP contribution in [0.5, 0.6) is 11.5 Å². The van der Waals surface area contributed by atoms with E-state index in [9.17, 15) is 0 Å². The zero-order valence-corrected chi connectivity index (χ0v) is 18.3. The van der Waals surface area contributed by atoms with Crippen molar-refractivity contribution >= 4 is 28.6 Å². The maximum absolute atomic E-state index is 6.07. The first-order valence-electron chi connectivity index (χ1n) is 9.42. The van der Waals surface area contributed by atoms with Gasteiger partial charge in [0.25, 0.3) is 0 Å². The summed E-state index contributed by atoms with van der Waals surface area (Å²) >= 11 is 7.67. The van der Waals surface area contributed by atoms with Crippen LogP contribution < -0.4 is 14.3 Å². The molecule has 4 nitrogen and oxygen atoms in total. The summed E-state index contributed by atoms with van der Waals surface area (Å²) in [7, 11) is 3.27. The van der Waals surface area contributed by atoms with Crippen molar-refractivity contribution in [2.24, 2.45) is 4.99 Å². The Morgan fingerprint density at radius 2 is 1.57 bits per heavy atom. The second-order valence-corrected chi connectivity index (χ2v) is 7.94. The van der Waals surface area contributed by atoms with Crippen LogP contribution in [-0.4, -0.2) is 18.8 Å². The Bertz CT molecular complexity index is 1180. The Labute approximate surface area is 184 Å². The first-order valence-corrected chi connectivity index (χ1v) is 10.7. The van der Waals surface area contributed by atoms with Crippen molar-refractivity contribution in [1.29, 1.82) is 0 Å². The molecule has 4 aromatic rings. The molecule has 0 saturated carbocycles. The Morgan fingerprint density at radius 3 is 2.20 bits per heavy atom. The van der Waals surface area contributed by atoms with Gasteiger partial charge in [-0.2, -0.15) is 0 Å². The molecule has 0 aliphatic rings. The van der Waals surface area contributed by atoms with Gasteiger partial charge in [-0.05, 0) is 23.3 Å². The zero-order valence-electron chi connectivity index (χ0n) is 16.7. The topological polar surface area (TPSA) is 35.8 Å². The summed E-state index contributed by atoms with van der Waals surface area (Å²) in [6, 6.07) is 23.9. The molecule has 1 aromatic heterocycles. The van der Waals surface area contributed by atoms with E-state index >= 15 is 0 Å². The van der Waals surface area contributed by atoms with E-state index in [1.807, 2.05) is 60.7 Å². The fraction of sp³-hybridized carbons (Fsp3) is 0.125.